The van der Waals surface area contributed by atoms with Gasteiger partial charge in [0.25, 0.3) is 0 Å². The lowest BCUT2D eigenvalue weighted by Crippen LogP contribution is -2.26. The van der Waals surface area contributed by atoms with Crippen LogP contribution in [0.25, 0.3) is 22.3 Å². The molecule has 1 aliphatic rings. The first-order valence-electron chi connectivity index (χ1n) is 8.83. The Kier molecular flexibility index (Phi) is 4.02. The zero-order valence-electron chi connectivity index (χ0n) is 14.8. The molecule has 5 rings (SSSR count). The van der Waals surface area contributed by atoms with Crippen molar-refractivity contribution in [2.24, 2.45) is 0 Å². The molecule has 1 aliphatic heterocycles. The number of H-pyrrole nitrogens is 1. The van der Waals surface area contributed by atoms with Gasteiger partial charge in [-0.05, 0) is 35.4 Å². The third-order valence-corrected chi connectivity index (χ3v) is 5.01. The van der Waals surface area contributed by atoms with Crippen LogP contribution in [-0.2, 0) is 6.54 Å². The number of aromatic amines is 1. The van der Waals surface area contributed by atoms with Crippen LogP contribution in [-0.4, -0.2) is 38.2 Å². The summed E-state index contributed by atoms with van der Waals surface area (Å²) in [5.41, 5.74) is 4.07. The van der Waals surface area contributed by atoms with E-state index < -0.39 is 0 Å². The zero-order valence-corrected chi connectivity index (χ0v) is 15.5. The van der Waals surface area contributed by atoms with Crippen molar-refractivity contribution < 1.29 is 9.84 Å². The summed E-state index contributed by atoms with van der Waals surface area (Å²) < 4.78 is 5.85. The van der Waals surface area contributed by atoms with Crippen LogP contribution in [0.1, 0.15) is 5.56 Å². The molecule has 0 bridgehead atoms. The molecule has 0 atom stereocenters. The number of ether oxygens (including phenoxy) is 1. The normalized spacial score (nSPS) is 13.8. The molecule has 0 fully saturated rings. The fourth-order valence-electron chi connectivity index (χ4n) is 3.51. The van der Waals surface area contributed by atoms with E-state index in [0.717, 1.165) is 28.0 Å². The lowest BCUT2D eigenvalue weighted by Gasteiger charge is -2.21. The van der Waals surface area contributed by atoms with Crippen LogP contribution in [0.4, 0.5) is 5.82 Å². The van der Waals surface area contributed by atoms with E-state index in [-0.39, 0.29) is 5.75 Å². The van der Waals surface area contributed by atoms with Gasteiger partial charge >= 0.3 is 0 Å². The van der Waals surface area contributed by atoms with Crippen LogP contribution in [0.5, 0.6) is 11.5 Å². The second-order valence-electron chi connectivity index (χ2n) is 6.56. The molecular weight excluding hydrogens is 378 g/mol. The molecule has 0 amide bonds. The number of fused-ring (bicyclic) bond motifs is 2. The van der Waals surface area contributed by atoms with Crippen molar-refractivity contribution in [1.29, 1.82) is 0 Å². The highest BCUT2D eigenvalue weighted by atomic mass is 35.5. The van der Waals surface area contributed by atoms with Gasteiger partial charge in [0, 0.05) is 17.1 Å². The van der Waals surface area contributed by atoms with Crippen molar-refractivity contribution in [2.45, 2.75) is 6.54 Å². The summed E-state index contributed by atoms with van der Waals surface area (Å²) in [6.07, 6.45) is 3.11. The van der Waals surface area contributed by atoms with Crippen LogP contribution in [0.15, 0.2) is 49.1 Å². The van der Waals surface area contributed by atoms with Gasteiger partial charge in [-0.2, -0.15) is 0 Å². The van der Waals surface area contributed by atoms with E-state index >= 15 is 0 Å². The average Bonchev–Trinajstić information content (AvgIpc) is 3.07. The van der Waals surface area contributed by atoms with Gasteiger partial charge in [0.05, 0.1) is 12.9 Å². The zero-order chi connectivity index (χ0) is 19.1. The van der Waals surface area contributed by atoms with Gasteiger partial charge in [0.2, 0.25) is 0 Å². The Hall–Kier alpha value is -3.32. The Labute approximate surface area is 165 Å². The molecule has 140 valence electrons. The highest BCUT2D eigenvalue weighted by Gasteiger charge is 2.22. The molecule has 4 aromatic rings. The topological polar surface area (TPSA) is 87.2 Å². The first-order chi connectivity index (χ1) is 13.7. The maximum atomic E-state index is 10.6. The number of hydrogen-bond donors (Lipinski definition) is 2. The van der Waals surface area contributed by atoms with Crippen LogP contribution < -0.4 is 9.64 Å². The average molecular weight is 394 g/mol. The number of nitrogens with zero attached hydrogens (tertiary/aromatic N) is 4. The Morgan fingerprint density at radius 1 is 1.11 bits per heavy atom. The molecule has 0 aliphatic carbocycles. The molecule has 8 heteroatoms. The lowest BCUT2D eigenvalue weighted by atomic mass is 10.0. The third kappa shape index (κ3) is 2.90. The fourth-order valence-corrected chi connectivity index (χ4v) is 3.70. The van der Waals surface area contributed by atoms with E-state index in [0.29, 0.717) is 36.1 Å². The molecule has 0 saturated carbocycles. The van der Waals surface area contributed by atoms with Crippen molar-refractivity contribution in [2.75, 3.05) is 18.1 Å². The summed E-state index contributed by atoms with van der Waals surface area (Å²) >= 11 is 6.13. The van der Waals surface area contributed by atoms with E-state index in [1.165, 1.54) is 6.33 Å². The van der Waals surface area contributed by atoms with Gasteiger partial charge in [-0.25, -0.2) is 15.0 Å². The standard InChI is InChI=1S/C20H16ClN5O2/c21-15-3-1-2-12(7-15)13-6-14-9-26(4-5-28-18(14)16(27)8-13)20-17-19(23-10-22-17)24-11-25-20/h1-3,6-8,10-11,27H,4-5,9H2,(H,22,23,24,25). The molecule has 3 heterocycles. The number of halogens is 1. The number of phenolic OH excluding ortho intramolecular Hbond substituents is 1. The van der Waals surface area contributed by atoms with Gasteiger partial charge in [-0.3, -0.25) is 0 Å². The summed E-state index contributed by atoms with van der Waals surface area (Å²) in [6, 6.07) is 11.3. The molecule has 0 spiro atoms. The Balaban J connectivity index is 1.58. The largest absolute Gasteiger partial charge is 0.504 e. The van der Waals surface area contributed by atoms with Crippen LogP contribution in [0, 0.1) is 0 Å². The summed E-state index contributed by atoms with van der Waals surface area (Å²) in [6.45, 7) is 1.57. The van der Waals surface area contributed by atoms with Gasteiger partial charge in [0.1, 0.15) is 18.5 Å². The maximum absolute atomic E-state index is 10.6. The minimum atomic E-state index is 0.115. The predicted octanol–water partition coefficient (Wildman–Crippen LogP) is 3.78. The van der Waals surface area contributed by atoms with Crippen molar-refractivity contribution in [3.05, 3.63) is 59.6 Å². The van der Waals surface area contributed by atoms with Gasteiger partial charge < -0.3 is 19.7 Å². The first-order valence-corrected chi connectivity index (χ1v) is 9.20. The lowest BCUT2D eigenvalue weighted by molar-refractivity contribution is 0.312. The molecule has 28 heavy (non-hydrogen) atoms. The van der Waals surface area contributed by atoms with Gasteiger partial charge in [-0.1, -0.05) is 23.7 Å². The molecule has 2 aromatic carbocycles. The Morgan fingerprint density at radius 3 is 2.93 bits per heavy atom. The van der Waals surface area contributed by atoms with Crippen molar-refractivity contribution in [1.82, 2.24) is 19.9 Å². The number of imidazole rings is 1. The van der Waals surface area contributed by atoms with Crippen LogP contribution >= 0.6 is 11.6 Å². The smallest absolute Gasteiger partial charge is 0.182 e. The minimum Gasteiger partial charge on any atom is -0.504 e. The number of anilines is 1. The number of rotatable bonds is 2. The van der Waals surface area contributed by atoms with E-state index in [9.17, 15) is 5.11 Å². The van der Waals surface area contributed by atoms with Crippen LogP contribution in [0.2, 0.25) is 5.02 Å². The number of aromatic nitrogens is 4. The third-order valence-electron chi connectivity index (χ3n) is 4.78. The molecule has 0 radical (unpaired) electrons. The quantitative estimate of drug-likeness (QED) is 0.539. The Morgan fingerprint density at radius 2 is 2.04 bits per heavy atom. The minimum absolute atomic E-state index is 0.115. The number of phenols is 1. The SMILES string of the molecule is Oc1cc(-c2cccc(Cl)c2)cc2c1OCCN(c1ncnc3nc[nH]c13)C2. The second-order valence-corrected chi connectivity index (χ2v) is 7.00. The van der Waals surface area contributed by atoms with E-state index in [1.54, 1.807) is 12.4 Å². The molecule has 7 nitrogen and oxygen atoms in total. The molecule has 0 unspecified atom stereocenters. The number of hydrogen-bond acceptors (Lipinski definition) is 6. The number of aromatic hydroxyl groups is 1. The Bertz CT molecular complexity index is 1180. The molecule has 2 aromatic heterocycles. The highest BCUT2D eigenvalue weighted by molar-refractivity contribution is 6.30. The van der Waals surface area contributed by atoms with Gasteiger partial charge in [-0.15, -0.1) is 0 Å². The van der Waals surface area contributed by atoms with Gasteiger partial charge in [0.15, 0.2) is 23.0 Å². The van der Waals surface area contributed by atoms with E-state index in [2.05, 4.69) is 24.8 Å². The van der Waals surface area contributed by atoms with Crippen molar-refractivity contribution in [3.8, 4) is 22.6 Å². The maximum Gasteiger partial charge on any atom is 0.182 e. The highest BCUT2D eigenvalue weighted by Crippen LogP contribution is 2.39. The fraction of sp³-hybridized carbons (Fsp3) is 0.150. The number of benzene rings is 2. The summed E-state index contributed by atoms with van der Waals surface area (Å²) in [5, 5.41) is 11.2. The van der Waals surface area contributed by atoms with Crippen molar-refractivity contribution in [3.63, 3.8) is 0 Å². The van der Waals surface area contributed by atoms with E-state index in [4.69, 9.17) is 16.3 Å². The summed E-state index contributed by atoms with van der Waals surface area (Å²) in [7, 11) is 0. The second kappa shape index (κ2) is 6.69. The molecule has 0 saturated heterocycles. The molecular formula is C20H16ClN5O2. The first kappa shape index (κ1) is 16.8. The molecule has 2 N–H and O–H groups in total. The summed E-state index contributed by atoms with van der Waals surface area (Å²) in [4.78, 5) is 18.0. The summed E-state index contributed by atoms with van der Waals surface area (Å²) in [5.74, 6) is 1.37. The monoisotopic (exact) mass is 393 g/mol. The van der Waals surface area contributed by atoms with E-state index in [1.807, 2.05) is 30.3 Å². The predicted molar refractivity (Wildman–Crippen MR) is 107 cm³/mol. The number of nitrogens with one attached hydrogen (secondary N) is 1. The van der Waals surface area contributed by atoms with Crippen LogP contribution in [0.3, 0.4) is 0 Å². The van der Waals surface area contributed by atoms with Crippen molar-refractivity contribution >= 4 is 28.6 Å².